The van der Waals surface area contributed by atoms with Crippen LogP contribution in [-0.2, 0) is 14.8 Å². The average molecular weight is 243 g/mol. The molecule has 0 aliphatic carbocycles. The van der Waals surface area contributed by atoms with Gasteiger partial charge >= 0.3 is 6.09 Å². The third-order valence-electron chi connectivity index (χ3n) is 1.93. The van der Waals surface area contributed by atoms with Gasteiger partial charge in [0.15, 0.2) is 0 Å². The van der Waals surface area contributed by atoms with Crippen LogP contribution in [0, 0.1) is 0 Å². The van der Waals surface area contributed by atoms with Crippen LogP contribution in [0.1, 0.15) is 6.92 Å². The number of sulfonamides is 1. The Labute approximate surface area is 94.7 Å². The molecule has 5 nitrogen and oxygen atoms in total. The topological polar surface area (TPSA) is 63.7 Å². The maximum Gasteiger partial charge on any atom is 0.423 e. The summed E-state index contributed by atoms with van der Waals surface area (Å²) in [6, 6.07) is 7.72. The molecule has 0 unspecified atom stereocenters. The van der Waals surface area contributed by atoms with Gasteiger partial charge in [-0.1, -0.05) is 18.2 Å². The number of hydrogen-bond acceptors (Lipinski definition) is 4. The lowest BCUT2D eigenvalue weighted by Crippen LogP contribution is -2.33. The molecule has 0 bridgehead atoms. The fraction of sp³-hybridized carbons (Fsp3) is 0.300. The first kappa shape index (κ1) is 12.5. The molecule has 1 aromatic carbocycles. The van der Waals surface area contributed by atoms with Crippen LogP contribution in [0.4, 0.5) is 4.79 Å². The van der Waals surface area contributed by atoms with Crippen LogP contribution >= 0.6 is 0 Å². The van der Waals surface area contributed by atoms with Crippen molar-refractivity contribution in [2.24, 2.45) is 0 Å². The van der Waals surface area contributed by atoms with Gasteiger partial charge in [-0.3, -0.25) is 0 Å². The van der Waals surface area contributed by atoms with E-state index in [1.54, 1.807) is 25.1 Å². The number of benzene rings is 1. The summed E-state index contributed by atoms with van der Waals surface area (Å²) < 4.78 is 29.0. The van der Waals surface area contributed by atoms with E-state index in [0.717, 1.165) is 0 Å². The fourth-order valence-electron chi connectivity index (χ4n) is 1.06. The van der Waals surface area contributed by atoms with Gasteiger partial charge in [0.05, 0.1) is 11.5 Å². The predicted octanol–water partition coefficient (Wildman–Crippen LogP) is 1.46. The Morgan fingerprint density at radius 3 is 2.38 bits per heavy atom. The molecule has 0 aromatic heterocycles. The fourth-order valence-corrected chi connectivity index (χ4v) is 2.13. The number of rotatable bonds is 3. The minimum atomic E-state index is -3.80. The van der Waals surface area contributed by atoms with Gasteiger partial charge in [-0.05, 0) is 19.1 Å². The molecule has 0 fully saturated rings. The van der Waals surface area contributed by atoms with Crippen molar-refractivity contribution in [1.82, 2.24) is 4.31 Å². The van der Waals surface area contributed by atoms with E-state index in [1.165, 1.54) is 19.2 Å². The summed E-state index contributed by atoms with van der Waals surface area (Å²) in [6.45, 7) is 1.74. The van der Waals surface area contributed by atoms with E-state index in [2.05, 4.69) is 4.74 Å². The van der Waals surface area contributed by atoms with Crippen molar-refractivity contribution in [3.8, 4) is 0 Å². The molecule has 0 saturated carbocycles. The molecule has 0 aliphatic heterocycles. The Morgan fingerprint density at radius 1 is 1.31 bits per heavy atom. The van der Waals surface area contributed by atoms with Crippen molar-refractivity contribution in [3.63, 3.8) is 0 Å². The zero-order valence-corrected chi connectivity index (χ0v) is 9.90. The molecule has 0 aliphatic rings. The van der Waals surface area contributed by atoms with Gasteiger partial charge in [-0.2, -0.15) is 0 Å². The zero-order chi connectivity index (χ0) is 12.2. The van der Waals surface area contributed by atoms with E-state index in [9.17, 15) is 13.2 Å². The predicted molar refractivity (Wildman–Crippen MR) is 58.4 cm³/mol. The summed E-state index contributed by atoms with van der Waals surface area (Å²) in [6.07, 6.45) is -0.883. The Hall–Kier alpha value is -1.56. The monoisotopic (exact) mass is 243 g/mol. The SMILES string of the molecule is CCOC(=O)N(C)S(=O)(=O)c1ccccc1. The lowest BCUT2D eigenvalue weighted by Gasteiger charge is -2.16. The Bertz CT molecular complexity index is 455. The molecule has 1 rings (SSSR count). The van der Waals surface area contributed by atoms with Gasteiger partial charge in [-0.25, -0.2) is 17.5 Å². The molecular formula is C10H13NO4S. The van der Waals surface area contributed by atoms with Gasteiger partial charge in [0.25, 0.3) is 10.0 Å². The number of carbonyl (C=O) groups excluding carboxylic acids is 1. The van der Waals surface area contributed by atoms with Crippen LogP contribution in [0.15, 0.2) is 35.2 Å². The van der Waals surface area contributed by atoms with Crippen molar-refractivity contribution in [2.75, 3.05) is 13.7 Å². The summed E-state index contributed by atoms with van der Waals surface area (Å²) in [7, 11) is -2.63. The standard InChI is InChI=1S/C10H13NO4S/c1-3-15-10(12)11(2)16(13,14)9-7-5-4-6-8-9/h4-8H,3H2,1-2H3. The third-order valence-corrected chi connectivity index (χ3v) is 3.66. The van der Waals surface area contributed by atoms with Crippen molar-refractivity contribution >= 4 is 16.1 Å². The Kier molecular flexibility index (Phi) is 3.89. The van der Waals surface area contributed by atoms with Crippen LogP contribution in [0.5, 0.6) is 0 Å². The number of nitrogens with zero attached hydrogens (tertiary/aromatic N) is 1. The molecule has 0 N–H and O–H groups in total. The molecule has 0 spiro atoms. The lowest BCUT2D eigenvalue weighted by atomic mass is 10.4. The number of carbonyl (C=O) groups is 1. The second-order valence-corrected chi connectivity index (χ2v) is 4.95. The minimum absolute atomic E-state index is 0.0607. The number of ether oxygens (including phenoxy) is 1. The lowest BCUT2D eigenvalue weighted by molar-refractivity contribution is 0.136. The van der Waals surface area contributed by atoms with Gasteiger partial charge in [-0.15, -0.1) is 0 Å². The average Bonchev–Trinajstić information content (AvgIpc) is 2.29. The highest BCUT2D eigenvalue weighted by Gasteiger charge is 2.25. The summed E-state index contributed by atoms with van der Waals surface area (Å²) in [5.74, 6) is 0. The molecule has 1 aromatic rings. The van der Waals surface area contributed by atoms with Gasteiger partial charge in [0.1, 0.15) is 0 Å². The molecular weight excluding hydrogens is 230 g/mol. The maximum absolute atomic E-state index is 11.9. The Balaban J connectivity index is 2.99. The maximum atomic E-state index is 11.9. The van der Waals surface area contributed by atoms with Crippen molar-refractivity contribution in [1.29, 1.82) is 0 Å². The summed E-state index contributed by atoms with van der Waals surface area (Å²) in [4.78, 5) is 11.3. The van der Waals surface area contributed by atoms with Gasteiger partial charge in [0, 0.05) is 7.05 Å². The molecule has 0 radical (unpaired) electrons. The molecule has 16 heavy (non-hydrogen) atoms. The zero-order valence-electron chi connectivity index (χ0n) is 9.08. The van der Waals surface area contributed by atoms with Gasteiger partial charge in [0.2, 0.25) is 0 Å². The van der Waals surface area contributed by atoms with Crippen LogP contribution in [-0.4, -0.2) is 32.5 Å². The Morgan fingerprint density at radius 2 is 1.88 bits per heavy atom. The van der Waals surface area contributed by atoms with Crippen LogP contribution in [0.2, 0.25) is 0 Å². The minimum Gasteiger partial charge on any atom is -0.449 e. The first-order chi connectivity index (χ1) is 7.50. The quantitative estimate of drug-likeness (QED) is 0.806. The molecule has 6 heteroatoms. The molecule has 88 valence electrons. The normalized spacial score (nSPS) is 10.9. The van der Waals surface area contributed by atoms with E-state index in [1.807, 2.05) is 0 Å². The summed E-state index contributed by atoms with van der Waals surface area (Å²) in [5.41, 5.74) is 0. The first-order valence-corrected chi connectivity index (χ1v) is 6.15. The largest absolute Gasteiger partial charge is 0.449 e. The highest BCUT2D eigenvalue weighted by Crippen LogP contribution is 2.14. The van der Waals surface area contributed by atoms with E-state index in [-0.39, 0.29) is 11.5 Å². The smallest absolute Gasteiger partial charge is 0.423 e. The second-order valence-electron chi connectivity index (χ2n) is 2.98. The molecule has 0 atom stereocenters. The van der Waals surface area contributed by atoms with Gasteiger partial charge < -0.3 is 4.74 Å². The van der Waals surface area contributed by atoms with Crippen LogP contribution < -0.4 is 0 Å². The third kappa shape index (κ3) is 2.52. The van der Waals surface area contributed by atoms with E-state index < -0.39 is 16.1 Å². The molecule has 0 saturated heterocycles. The summed E-state index contributed by atoms with van der Waals surface area (Å²) in [5, 5.41) is 0. The second kappa shape index (κ2) is 4.98. The van der Waals surface area contributed by atoms with Crippen molar-refractivity contribution < 1.29 is 17.9 Å². The molecule has 1 amide bonds. The van der Waals surface area contributed by atoms with Crippen LogP contribution in [0.25, 0.3) is 0 Å². The van der Waals surface area contributed by atoms with Crippen LogP contribution in [0.3, 0.4) is 0 Å². The highest BCUT2D eigenvalue weighted by molar-refractivity contribution is 7.89. The summed E-state index contributed by atoms with van der Waals surface area (Å²) >= 11 is 0. The van der Waals surface area contributed by atoms with Crippen molar-refractivity contribution in [3.05, 3.63) is 30.3 Å². The van der Waals surface area contributed by atoms with E-state index >= 15 is 0 Å². The first-order valence-electron chi connectivity index (χ1n) is 4.71. The van der Waals surface area contributed by atoms with E-state index in [0.29, 0.717) is 4.31 Å². The molecule has 0 heterocycles. The highest BCUT2D eigenvalue weighted by atomic mass is 32.2. The number of hydrogen-bond donors (Lipinski definition) is 0. The number of amides is 1. The van der Waals surface area contributed by atoms with E-state index in [4.69, 9.17) is 0 Å². The van der Waals surface area contributed by atoms with Crippen molar-refractivity contribution in [2.45, 2.75) is 11.8 Å².